The largest absolute Gasteiger partial charge is 0.481 e. The number of aliphatic carboxylic acids is 1. The molecule has 1 unspecified atom stereocenters. The average molecular weight is 295 g/mol. The van der Waals surface area contributed by atoms with Gasteiger partial charge in [0.2, 0.25) is 5.91 Å². The average Bonchev–Trinajstić information content (AvgIpc) is 3.02. The van der Waals surface area contributed by atoms with Crippen LogP contribution in [0.25, 0.3) is 0 Å². The van der Waals surface area contributed by atoms with Crippen LogP contribution in [0.5, 0.6) is 0 Å². The molecule has 0 aromatic heterocycles. The number of hydrogen-bond acceptors (Lipinski definition) is 3. The smallest absolute Gasteiger partial charge is 0.317 e. The van der Waals surface area contributed by atoms with E-state index < -0.39 is 11.4 Å². The summed E-state index contributed by atoms with van der Waals surface area (Å²) in [5.74, 6) is -0.690. The summed E-state index contributed by atoms with van der Waals surface area (Å²) in [6.07, 6.45) is 2.78. The van der Waals surface area contributed by atoms with E-state index in [4.69, 9.17) is 0 Å². The zero-order chi connectivity index (χ0) is 15.2. The second-order valence-electron chi connectivity index (χ2n) is 6.56. The summed E-state index contributed by atoms with van der Waals surface area (Å²) in [5, 5.41) is 12.4. The fraction of sp³-hybridized carbons (Fsp3) is 0.786. The molecule has 0 spiro atoms. The third-order valence-corrected chi connectivity index (χ3v) is 5.25. The van der Waals surface area contributed by atoms with E-state index in [1.807, 2.05) is 0 Å². The topological polar surface area (TPSA) is 90.0 Å². The number of likely N-dealkylation sites (N-methyl/N-ethyl adjacent to an activating group) is 1. The number of likely N-dealkylation sites (tertiary alicyclic amines) is 2. The van der Waals surface area contributed by atoms with Gasteiger partial charge in [0.05, 0.1) is 11.5 Å². The van der Waals surface area contributed by atoms with Crippen molar-refractivity contribution >= 4 is 17.9 Å². The first-order valence-corrected chi connectivity index (χ1v) is 7.45. The van der Waals surface area contributed by atoms with E-state index in [1.165, 1.54) is 0 Å². The Morgan fingerprint density at radius 2 is 2.14 bits per heavy atom. The van der Waals surface area contributed by atoms with E-state index in [1.54, 1.807) is 16.8 Å². The second kappa shape index (κ2) is 4.89. The Labute approximate surface area is 123 Å². The molecule has 1 saturated carbocycles. The summed E-state index contributed by atoms with van der Waals surface area (Å²) in [4.78, 5) is 38.6. The first-order chi connectivity index (χ1) is 9.92. The number of hydrogen-bond donors (Lipinski definition) is 2. The van der Waals surface area contributed by atoms with Crippen molar-refractivity contribution in [3.05, 3.63) is 0 Å². The molecule has 0 aromatic carbocycles. The molecule has 116 valence electrons. The van der Waals surface area contributed by atoms with E-state index in [9.17, 15) is 19.5 Å². The lowest BCUT2D eigenvalue weighted by Gasteiger charge is -2.24. The Bertz CT molecular complexity index is 495. The lowest BCUT2D eigenvalue weighted by atomic mass is 9.81. The van der Waals surface area contributed by atoms with Crippen molar-refractivity contribution < 1.29 is 19.5 Å². The van der Waals surface area contributed by atoms with Gasteiger partial charge in [0.15, 0.2) is 0 Å². The van der Waals surface area contributed by atoms with Gasteiger partial charge in [-0.3, -0.25) is 9.59 Å². The van der Waals surface area contributed by atoms with Gasteiger partial charge in [-0.1, -0.05) is 6.42 Å². The molecule has 7 nitrogen and oxygen atoms in total. The standard InChI is InChI=1S/C14H21N3O4/c1-16-7-10(5-11(16)18)15-13(21)17-6-9-3-2-4-14(9,8-17)12(19)20/h9-10H,2-8H2,1H3,(H,15,21)(H,19,20)/t9-,10?,14+/m0/s1. The molecule has 3 amide bonds. The Morgan fingerprint density at radius 1 is 1.38 bits per heavy atom. The van der Waals surface area contributed by atoms with E-state index in [0.29, 0.717) is 25.9 Å². The third-order valence-electron chi connectivity index (χ3n) is 5.25. The van der Waals surface area contributed by atoms with Crippen LogP contribution in [0.1, 0.15) is 25.7 Å². The predicted molar refractivity (Wildman–Crippen MR) is 73.6 cm³/mol. The molecule has 0 radical (unpaired) electrons. The van der Waals surface area contributed by atoms with Crippen molar-refractivity contribution in [2.45, 2.75) is 31.7 Å². The summed E-state index contributed by atoms with van der Waals surface area (Å²) in [7, 11) is 1.72. The number of rotatable bonds is 2. The fourth-order valence-electron chi connectivity index (χ4n) is 4.02. The van der Waals surface area contributed by atoms with Crippen LogP contribution < -0.4 is 5.32 Å². The summed E-state index contributed by atoms with van der Waals surface area (Å²) < 4.78 is 0. The molecule has 2 aliphatic heterocycles. The highest BCUT2D eigenvalue weighted by Gasteiger charge is 2.56. The minimum atomic E-state index is -0.781. The molecular formula is C14H21N3O4. The number of carboxylic acid groups (broad SMARTS) is 1. The quantitative estimate of drug-likeness (QED) is 0.757. The highest BCUT2D eigenvalue weighted by molar-refractivity contribution is 5.83. The zero-order valence-electron chi connectivity index (χ0n) is 12.2. The fourth-order valence-corrected chi connectivity index (χ4v) is 4.02. The van der Waals surface area contributed by atoms with Gasteiger partial charge in [-0.2, -0.15) is 0 Å². The Hall–Kier alpha value is -1.79. The minimum Gasteiger partial charge on any atom is -0.481 e. The van der Waals surface area contributed by atoms with Crippen molar-refractivity contribution in [2.24, 2.45) is 11.3 Å². The van der Waals surface area contributed by atoms with Gasteiger partial charge < -0.3 is 20.2 Å². The molecule has 3 rings (SSSR count). The summed E-state index contributed by atoms with van der Waals surface area (Å²) in [5.41, 5.74) is -0.750. The maximum Gasteiger partial charge on any atom is 0.317 e. The van der Waals surface area contributed by atoms with Gasteiger partial charge in [0.25, 0.3) is 0 Å². The van der Waals surface area contributed by atoms with Gasteiger partial charge in [-0.15, -0.1) is 0 Å². The predicted octanol–water partition coefficient (Wildman–Crippen LogP) is 0.113. The van der Waals surface area contributed by atoms with E-state index in [2.05, 4.69) is 5.32 Å². The number of nitrogens with one attached hydrogen (secondary N) is 1. The number of urea groups is 1. The summed E-state index contributed by atoms with van der Waals surface area (Å²) in [6, 6.07) is -0.408. The SMILES string of the molecule is CN1CC(NC(=O)N2C[C@@H]3CCC[C@@]3(C(=O)O)C2)CC1=O. The van der Waals surface area contributed by atoms with Crippen LogP contribution in [0.2, 0.25) is 0 Å². The van der Waals surface area contributed by atoms with Crippen LogP contribution in [-0.2, 0) is 9.59 Å². The highest BCUT2D eigenvalue weighted by atomic mass is 16.4. The van der Waals surface area contributed by atoms with Crippen LogP contribution >= 0.6 is 0 Å². The molecule has 3 aliphatic rings. The van der Waals surface area contributed by atoms with Gasteiger partial charge in [-0.05, 0) is 18.8 Å². The normalized spacial score (nSPS) is 35.2. The van der Waals surface area contributed by atoms with Gasteiger partial charge >= 0.3 is 12.0 Å². The molecule has 7 heteroatoms. The summed E-state index contributed by atoms with van der Waals surface area (Å²) >= 11 is 0. The summed E-state index contributed by atoms with van der Waals surface area (Å²) in [6.45, 7) is 1.32. The van der Waals surface area contributed by atoms with Crippen molar-refractivity contribution in [1.82, 2.24) is 15.1 Å². The number of amides is 3. The number of carboxylic acids is 1. The van der Waals surface area contributed by atoms with Crippen molar-refractivity contribution in [3.63, 3.8) is 0 Å². The number of fused-ring (bicyclic) bond motifs is 1. The zero-order valence-corrected chi connectivity index (χ0v) is 12.2. The maximum absolute atomic E-state index is 12.3. The molecule has 2 heterocycles. The minimum absolute atomic E-state index is 0.0283. The van der Waals surface area contributed by atoms with E-state index in [-0.39, 0.29) is 30.4 Å². The molecule has 2 saturated heterocycles. The number of carbonyl (C=O) groups is 3. The molecule has 21 heavy (non-hydrogen) atoms. The van der Waals surface area contributed by atoms with E-state index >= 15 is 0 Å². The molecule has 3 atom stereocenters. The van der Waals surface area contributed by atoms with Crippen LogP contribution in [-0.4, -0.2) is 65.5 Å². The van der Waals surface area contributed by atoms with Crippen molar-refractivity contribution in [1.29, 1.82) is 0 Å². The molecule has 1 aliphatic carbocycles. The van der Waals surface area contributed by atoms with E-state index in [0.717, 1.165) is 12.8 Å². The molecule has 2 N–H and O–H groups in total. The lowest BCUT2D eigenvalue weighted by Crippen LogP contribution is -2.46. The lowest BCUT2D eigenvalue weighted by molar-refractivity contribution is -0.149. The Morgan fingerprint density at radius 3 is 2.71 bits per heavy atom. The number of carbonyl (C=O) groups excluding carboxylic acids is 2. The monoisotopic (exact) mass is 295 g/mol. The molecule has 3 fully saturated rings. The maximum atomic E-state index is 12.3. The Balaban J connectivity index is 1.62. The second-order valence-corrected chi connectivity index (χ2v) is 6.56. The first kappa shape index (κ1) is 14.2. The molecular weight excluding hydrogens is 274 g/mol. The van der Waals surface area contributed by atoms with Crippen LogP contribution in [0.15, 0.2) is 0 Å². The number of nitrogens with zero attached hydrogens (tertiary/aromatic N) is 2. The highest BCUT2D eigenvalue weighted by Crippen LogP contribution is 2.48. The molecule has 0 bridgehead atoms. The van der Waals surface area contributed by atoms with Gasteiger partial charge in [-0.25, -0.2) is 4.79 Å². The molecule has 0 aromatic rings. The van der Waals surface area contributed by atoms with Crippen LogP contribution in [0.3, 0.4) is 0 Å². The third kappa shape index (κ3) is 2.24. The first-order valence-electron chi connectivity index (χ1n) is 7.45. The van der Waals surface area contributed by atoms with Crippen molar-refractivity contribution in [2.75, 3.05) is 26.7 Å². The Kier molecular flexibility index (Phi) is 3.30. The van der Waals surface area contributed by atoms with Crippen molar-refractivity contribution in [3.8, 4) is 0 Å². The van der Waals surface area contributed by atoms with Gasteiger partial charge in [0.1, 0.15) is 0 Å². The van der Waals surface area contributed by atoms with Crippen LogP contribution in [0, 0.1) is 11.3 Å². The van der Waals surface area contributed by atoms with Gasteiger partial charge in [0, 0.05) is 33.1 Å². The van der Waals surface area contributed by atoms with Crippen LogP contribution in [0.4, 0.5) is 4.79 Å².